The predicted octanol–water partition coefficient (Wildman–Crippen LogP) is 0.192. The van der Waals surface area contributed by atoms with Crippen LogP contribution in [-0.2, 0) is 24.0 Å². The molecule has 0 aliphatic carbocycles. The first-order chi connectivity index (χ1) is 10.7. The van der Waals surface area contributed by atoms with Crippen LogP contribution in [0.15, 0.2) is 17.4 Å². The molecule has 0 unspecified atom stereocenters. The molecule has 0 saturated carbocycles. The van der Waals surface area contributed by atoms with Gasteiger partial charge in [-0.1, -0.05) is 5.16 Å². The average molecular weight is 324 g/mol. The van der Waals surface area contributed by atoms with Crippen molar-refractivity contribution >= 4 is 29.9 Å². The van der Waals surface area contributed by atoms with Crippen molar-refractivity contribution in [3.05, 3.63) is 18.1 Å². The fraction of sp³-hybridized carbons (Fsp3) is 0.385. The van der Waals surface area contributed by atoms with Gasteiger partial charge in [0.25, 0.3) is 0 Å². The van der Waals surface area contributed by atoms with Gasteiger partial charge in [-0.3, -0.25) is 4.79 Å². The van der Waals surface area contributed by atoms with Crippen molar-refractivity contribution in [2.24, 2.45) is 5.16 Å². The number of ether oxygens (including phenoxy) is 1. The van der Waals surface area contributed by atoms with Gasteiger partial charge in [0.15, 0.2) is 5.82 Å². The number of anilines is 1. The molecule has 0 saturated heterocycles. The zero-order valence-corrected chi connectivity index (χ0v) is 12.8. The molecular formula is C13H16N4O6. The van der Waals surface area contributed by atoms with Crippen LogP contribution in [0, 0.1) is 0 Å². The van der Waals surface area contributed by atoms with E-state index in [1.807, 2.05) is 0 Å². The van der Waals surface area contributed by atoms with Crippen LogP contribution in [0.4, 0.5) is 5.82 Å². The molecule has 2 N–H and O–H groups in total. The van der Waals surface area contributed by atoms with Crippen molar-refractivity contribution in [2.75, 3.05) is 11.9 Å². The topological polar surface area (TPSA) is 140 Å². The van der Waals surface area contributed by atoms with Crippen molar-refractivity contribution < 1.29 is 29.1 Å². The third kappa shape index (κ3) is 6.50. The fourth-order valence-electron chi connectivity index (χ4n) is 1.31. The highest BCUT2D eigenvalue weighted by molar-refractivity contribution is 6.41. The Kier molecular flexibility index (Phi) is 6.13. The maximum Gasteiger partial charge on any atom is 0.361 e. The largest absolute Gasteiger partial charge is 0.476 e. The van der Waals surface area contributed by atoms with Gasteiger partial charge in [0.1, 0.15) is 11.4 Å². The maximum absolute atomic E-state index is 11.4. The molecule has 0 bridgehead atoms. The number of aromatic nitrogens is 2. The average Bonchev–Trinajstić information content (AvgIpc) is 2.42. The first kappa shape index (κ1) is 18.0. The molecule has 0 aromatic carbocycles. The van der Waals surface area contributed by atoms with E-state index in [2.05, 4.69) is 25.3 Å². The lowest BCUT2D eigenvalue weighted by Crippen LogP contribution is -2.26. The van der Waals surface area contributed by atoms with Gasteiger partial charge in [-0.25, -0.2) is 19.6 Å². The minimum atomic E-state index is -1.46. The van der Waals surface area contributed by atoms with Crippen LogP contribution in [-0.4, -0.2) is 51.3 Å². The van der Waals surface area contributed by atoms with Gasteiger partial charge in [0, 0.05) is 6.20 Å². The highest BCUT2D eigenvalue weighted by Crippen LogP contribution is 2.07. The second-order valence-electron chi connectivity index (χ2n) is 5.13. The van der Waals surface area contributed by atoms with E-state index >= 15 is 0 Å². The Hall–Kier alpha value is -3.04. The van der Waals surface area contributed by atoms with Crippen LogP contribution in [0.2, 0.25) is 0 Å². The number of oxime groups is 1. The van der Waals surface area contributed by atoms with Gasteiger partial charge in [-0.05, 0) is 26.8 Å². The fourth-order valence-corrected chi connectivity index (χ4v) is 1.31. The van der Waals surface area contributed by atoms with Crippen LogP contribution in [0.5, 0.6) is 0 Å². The number of carbonyl (C=O) groups excluding carboxylic acids is 2. The Morgan fingerprint density at radius 2 is 2.13 bits per heavy atom. The van der Waals surface area contributed by atoms with Crippen LogP contribution in [0.3, 0.4) is 0 Å². The number of carboxylic acid groups (broad SMARTS) is 1. The third-order valence-electron chi connectivity index (χ3n) is 2.04. The number of carboxylic acids is 1. The van der Waals surface area contributed by atoms with Gasteiger partial charge in [-0.15, -0.1) is 0 Å². The predicted molar refractivity (Wildman–Crippen MR) is 77.7 cm³/mol. The van der Waals surface area contributed by atoms with Crippen molar-refractivity contribution in [1.29, 1.82) is 0 Å². The van der Waals surface area contributed by atoms with Crippen molar-refractivity contribution in [2.45, 2.75) is 26.4 Å². The summed E-state index contributed by atoms with van der Waals surface area (Å²) < 4.78 is 4.98. The zero-order valence-electron chi connectivity index (χ0n) is 12.8. The van der Waals surface area contributed by atoms with Crippen LogP contribution in [0.25, 0.3) is 0 Å². The molecule has 1 aromatic heterocycles. The number of esters is 1. The van der Waals surface area contributed by atoms with Crippen LogP contribution in [0.1, 0.15) is 26.6 Å². The van der Waals surface area contributed by atoms with Crippen LogP contribution >= 0.6 is 0 Å². The van der Waals surface area contributed by atoms with E-state index in [-0.39, 0.29) is 11.6 Å². The van der Waals surface area contributed by atoms with Gasteiger partial charge in [-0.2, -0.15) is 0 Å². The van der Waals surface area contributed by atoms with Gasteiger partial charge in [0.2, 0.25) is 18.7 Å². The lowest BCUT2D eigenvalue weighted by atomic mass is 10.2. The Balaban J connectivity index is 2.82. The Bertz CT molecular complexity index is 623. The standard InChI is InChI=1S/C13H16N4O6/c1-13(2,3)23-9(19)6-22-17-10(12(20)21)11-14-5-4-8(16-11)15-7-18/h4-5,7H,6H2,1-3H3,(H,20,21)(H,14,15,16,18). The summed E-state index contributed by atoms with van der Waals surface area (Å²) in [6.45, 7) is 4.46. The number of carbonyl (C=O) groups is 3. The third-order valence-corrected chi connectivity index (χ3v) is 2.04. The molecular weight excluding hydrogens is 308 g/mol. The SMILES string of the molecule is CC(C)(C)OC(=O)CON=C(C(=O)O)c1nccc(NC=O)n1. The molecule has 1 amide bonds. The van der Waals surface area contributed by atoms with E-state index in [1.165, 1.54) is 12.3 Å². The summed E-state index contributed by atoms with van der Waals surface area (Å²) in [4.78, 5) is 45.2. The minimum absolute atomic E-state index is 0.0890. The summed E-state index contributed by atoms with van der Waals surface area (Å²) >= 11 is 0. The molecule has 10 nitrogen and oxygen atoms in total. The second kappa shape index (κ2) is 7.82. The van der Waals surface area contributed by atoms with E-state index in [1.54, 1.807) is 20.8 Å². The Morgan fingerprint density at radius 1 is 1.43 bits per heavy atom. The number of amides is 1. The molecule has 1 heterocycles. The Morgan fingerprint density at radius 3 is 2.70 bits per heavy atom. The molecule has 1 rings (SSSR count). The molecule has 1 aromatic rings. The number of nitrogens with zero attached hydrogens (tertiary/aromatic N) is 3. The molecule has 23 heavy (non-hydrogen) atoms. The first-order valence-electron chi connectivity index (χ1n) is 6.41. The minimum Gasteiger partial charge on any atom is -0.476 e. The van der Waals surface area contributed by atoms with E-state index in [0.29, 0.717) is 6.41 Å². The smallest absolute Gasteiger partial charge is 0.361 e. The van der Waals surface area contributed by atoms with Gasteiger partial charge < -0.3 is 20.0 Å². The van der Waals surface area contributed by atoms with E-state index < -0.39 is 29.9 Å². The summed E-state index contributed by atoms with van der Waals surface area (Å²) in [5, 5.41) is 14.7. The molecule has 0 aliphatic rings. The Labute approximate surface area is 131 Å². The summed E-state index contributed by atoms with van der Waals surface area (Å²) in [5.74, 6) is -2.36. The molecule has 0 atom stereocenters. The first-order valence-corrected chi connectivity index (χ1v) is 6.41. The summed E-state index contributed by atoms with van der Waals surface area (Å²) in [6, 6.07) is 1.36. The van der Waals surface area contributed by atoms with E-state index in [0.717, 1.165) is 0 Å². The lowest BCUT2D eigenvalue weighted by Gasteiger charge is -2.18. The maximum atomic E-state index is 11.4. The van der Waals surface area contributed by atoms with Crippen molar-refractivity contribution in [1.82, 2.24) is 9.97 Å². The molecule has 0 fully saturated rings. The summed E-state index contributed by atoms with van der Waals surface area (Å²) in [7, 11) is 0. The quantitative estimate of drug-likeness (QED) is 0.313. The second-order valence-corrected chi connectivity index (χ2v) is 5.13. The number of hydrogen-bond donors (Lipinski definition) is 2. The number of hydrogen-bond acceptors (Lipinski definition) is 8. The molecule has 124 valence electrons. The lowest BCUT2D eigenvalue weighted by molar-refractivity contribution is -0.160. The summed E-state index contributed by atoms with van der Waals surface area (Å²) in [5.41, 5.74) is -1.32. The van der Waals surface area contributed by atoms with Crippen molar-refractivity contribution in [3.63, 3.8) is 0 Å². The van der Waals surface area contributed by atoms with Crippen LogP contribution < -0.4 is 5.32 Å². The molecule has 0 spiro atoms. The number of rotatable bonds is 7. The molecule has 0 aliphatic heterocycles. The highest BCUT2D eigenvalue weighted by atomic mass is 16.7. The van der Waals surface area contributed by atoms with Gasteiger partial charge in [0.05, 0.1) is 0 Å². The van der Waals surface area contributed by atoms with Gasteiger partial charge >= 0.3 is 11.9 Å². The number of aliphatic carboxylic acids is 1. The van der Waals surface area contributed by atoms with Crippen molar-refractivity contribution in [3.8, 4) is 0 Å². The summed E-state index contributed by atoms with van der Waals surface area (Å²) in [6.07, 6.45) is 1.61. The normalized spacial score (nSPS) is 11.5. The van der Waals surface area contributed by atoms with E-state index in [4.69, 9.17) is 9.84 Å². The van der Waals surface area contributed by atoms with E-state index in [9.17, 15) is 14.4 Å². The highest BCUT2D eigenvalue weighted by Gasteiger charge is 2.19. The number of nitrogens with one attached hydrogen (secondary N) is 1. The molecule has 0 radical (unpaired) electrons. The molecule has 10 heteroatoms. The zero-order chi connectivity index (χ0) is 17.5. The monoisotopic (exact) mass is 324 g/mol.